The number of benzene rings is 2. The Morgan fingerprint density at radius 3 is 2.44 bits per heavy atom. The lowest BCUT2D eigenvalue weighted by molar-refractivity contribution is 0.180. The molecule has 5 heteroatoms. The van der Waals surface area contributed by atoms with Gasteiger partial charge < -0.3 is 20.4 Å². The number of hydrogen-bond donors (Lipinski definition) is 3. The molecule has 2 aromatic rings. The van der Waals surface area contributed by atoms with Crippen molar-refractivity contribution in [3.63, 3.8) is 0 Å². The van der Waals surface area contributed by atoms with E-state index in [0.29, 0.717) is 19.6 Å². The maximum atomic E-state index is 12.3. The number of hydrogen-bond acceptors (Lipinski definition) is 3. The number of aryl methyl sites for hydroxylation is 1. The molecule has 1 fully saturated rings. The summed E-state index contributed by atoms with van der Waals surface area (Å²) in [6.07, 6.45) is 1.60. The molecule has 0 spiro atoms. The van der Waals surface area contributed by atoms with Crippen molar-refractivity contribution in [2.45, 2.75) is 32.2 Å². The standard InChI is InChI=1S/C20H24N2O3/c1-14-2-4-15(5-3-14)13-21-20(25)22-10-8-16(9-11-22)18-7-6-17(23)12-19(18)24/h2-7,12,16,23-24H,8-11,13H2,1H3,(H,21,25). The van der Waals surface area contributed by atoms with E-state index >= 15 is 0 Å². The van der Waals surface area contributed by atoms with Crippen LogP contribution in [0.25, 0.3) is 0 Å². The fourth-order valence-corrected chi connectivity index (χ4v) is 3.27. The Labute approximate surface area is 147 Å². The molecule has 0 radical (unpaired) electrons. The van der Waals surface area contributed by atoms with E-state index in [9.17, 15) is 15.0 Å². The summed E-state index contributed by atoms with van der Waals surface area (Å²) in [5, 5.41) is 22.4. The molecule has 1 saturated heterocycles. The molecule has 0 unspecified atom stereocenters. The molecule has 1 heterocycles. The number of likely N-dealkylation sites (tertiary alicyclic amines) is 1. The van der Waals surface area contributed by atoms with Crippen LogP contribution in [0.5, 0.6) is 11.5 Å². The van der Waals surface area contributed by atoms with Gasteiger partial charge in [-0.2, -0.15) is 0 Å². The largest absolute Gasteiger partial charge is 0.508 e. The number of nitrogens with one attached hydrogen (secondary N) is 1. The van der Waals surface area contributed by atoms with Crippen molar-refractivity contribution >= 4 is 6.03 Å². The van der Waals surface area contributed by atoms with E-state index in [1.165, 1.54) is 11.6 Å². The van der Waals surface area contributed by atoms with Crippen molar-refractivity contribution in [1.29, 1.82) is 0 Å². The molecule has 0 bridgehead atoms. The zero-order chi connectivity index (χ0) is 17.8. The Kier molecular flexibility index (Phi) is 5.12. The van der Waals surface area contributed by atoms with Gasteiger partial charge in [0.1, 0.15) is 11.5 Å². The van der Waals surface area contributed by atoms with Gasteiger partial charge in [0.25, 0.3) is 0 Å². The number of aromatic hydroxyl groups is 2. The Hall–Kier alpha value is -2.69. The molecule has 0 atom stereocenters. The zero-order valence-electron chi connectivity index (χ0n) is 14.4. The first kappa shape index (κ1) is 17.1. The number of amides is 2. The molecule has 0 saturated carbocycles. The number of rotatable bonds is 3. The first-order valence-corrected chi connectivity index (χ1v) is 8.63. The highest BCUT2D eigenvalue weighted by molar-refractivity contribution is 5.74. The minimum Gasteiger partial charge on any atom is -0.508 e. The minimum atomic E-state index is -0.0473. The van der Waals surface area contributed by atoms with Gasteiger partial charge in [-0.25, -0.2) is 4.79 Å². The summed E-state index contributed by atoms with van der Waals surface area (Å²) in [6, 6.07) is 12.8. The second-order valence-corrected chi connectivity index (χ2v) is 6.65. The van der Waals surface area contributed by atoms with Crippen molar-refractivity contribution in [2.24, 2.45) is 0 Å². The van der Waals surface area contributed by atoms with Crippen LogP contribution in [0.3, 0.4) is 0 Å². The van der Waals surface area contributed by atoms with E-state index in [4.69, 9.17) is 0 Å². The first-order valence-electron chi connectivity index (χ1n) is 8.63. The van der Waals surface area contributed by atoms with E-state index in [-0.39, 0.29) is 23.4 Å². The number of carbonyl (C=O) groups excluding carboxylic acids is 1. The predicted molar refractivity (Wildman–Crippen MR) is 96.7 cm³/mol. The lowest BCUT2D eigenvalue weighted by Crippen LogP contribution is -2.43. The molecular formula is C20H24N2O3. The molecule has 2 aromatic carbocycles. The Bertz CT molecular complexity index is 735. The van der Waals surface area contributed by atoms with Crippen LogP contribution in [-0.2, 0) is 6.54 Å². The molecule has 25 heavy (non-hydrogen) atoms. The number of nitrogens with zero attached hydrogens (tertiary/aromatic N) is 1. The Balaban J connectivity index is 1.51. The van der Waals surface area contributed by atoms with Gasteiger partial charge in [0.2, 0.25) is 0 Å². The van der Waals surface area contributed by atoms with Gasteiger partial charge in [0, 0.05) is 25.7 Å². The molecular weight excluding hydrogens is 316 g/mol. The van der Waals surface area contributed by atoms with Crippen LogP contribution in [0.1, 0.15) is 35.4 Å². The van der Waals surface area contributed by atoms with E-state index in [0.717, 1.165) is 24.0 Å². The number of carbonyl (C=O) groups is 1. The van der Waals surface area contributed by atoms with Crippen LogP contribution in [0, 0.1) is 6.92 Å². The highest BCUT2D eigenvalue weighted by Crippen LogP contribution is 2.35. The van der Waals surface area contributed by atoms with Crippen LogP contribution >= 0.6 is 0 Å². The molecule has 3 N–H and O–H groups in total. The maximum Gasteiger partial charge on any atom is 0.317 e. The van der Waals surface area contributed by atoms with Crippen molar-refractivity contribution in [1.82, 2.24) is 10.2 Å². The third-order valence-corrected chi connectivity index (χ3v) is 4.80. The van der Waals surface area contributed by atoms with Gasteiger partial charge in [-0.15, -0.1) is 0 Å². The van der Waals surface area contributed by atoms with Crippen LogP contribution in [0.4, 0.5) is 4.79 Å². The van der Waals surface area contributed by atoms with Gasteiger partial charge in [-0.1, -0.05) is 35.9 Å². The molecule has 0 aromatic heterocycles. The Morgan fingerprint density at radius 2 is 1.80 bits per heavy atom. The van der Waals surface area contributed by atoms with Crippen LogP contribution in [0.15, 0.2) is 42.5 Å². The summed E-state index contributed by atoms with van der Waals surface area (Å²) in [5.41, 5.74) is 3.13. The van der Waals surface area contributed by atoms with Crippen molar-refractivity contribution < 1.29 is 15.0 Å². The minimum absolute atomic E-state index is 0.0473. The molecule has 0 aliphatic carbocycles. The summed E-state index contributed by atoms with van der Waals surface area (Å²) in [4.78, 5) is 14.1. The topological polar surface area (TPSA) is 72.8 Å². The van der Waals surface area contributed by atoms with E-state index in [1.807, 2.05) is 36.1 Å². The second-order valence-electron chi connectivity index (χ2n) is 6.65. The molecule has 5 nitrogen and oxygen atoms in total. The molecule has 132 valence electrons. The van der Waals surface area contributed by atoms with Gasteiger partial charge >= 0.3 is 6.03 Å². The normalized spacial score (nSPS) is 15.2. The van der Waals surface area contributed by atoms with Crippen molar-refractivity contribution in [3.05, 3.63) is 59.2 Å². The Morgan fingerprint density at radius 1 is 1.12 bits per heavy atom. The molecule has 2 amide bonds. The van der Waals surface area contributed by atoms with Crippen LogP contribution in [-0.4, -0.2) is 34.2 Å². The third-order valence-electron chi connectivity index (χ3n) is 4.80. The monoisotopic (exact) mass is 340 g/mol. The predicted octanol–water partition coefficient (Wildman–Crippen LogP) is 3.50. The number of urea groups is 1. The average molecular weight is 340 g/mol. The summed E-state index contributed by atoms with van der Waals surface area (Å²) in [6.45, 7) is 3.88. The maximum absolute atomic E-state index is 12.3. The average Bonchev–Trinajstić information content (AvgIpc) is 2.61. The fourth-order valence-electron chi connectivity index (χ4n) is 3.27. The second kappa shape index (κ2) is 7.47. The van der Waals surface area contributed by atoms with Gasteiger partial charge in [-0.05, 0) is 42.9 Å². The molecule has 1 aliphatic heterocycles. The van der Waals surface area contributed by atoms with Crippen LogP contribution in [0.2, 0.25) is 0 Å². The van der Waals surface area contributed by atoms with Gasteiger partial charge in [-0.3, -0.25) is 0 Å². The summed E-state index contributed by atoms with van der Waals surface area (Å²) < 4.78 is 0. The number of phenols is 2. The first-order chi connectivity index (χ1) is 12.0. The third kappa shape index (κ3) is 4.24. The SMILES string of the molecule is Cc1ccc(CNC(=O)N2CCC(c3ccc(O)cc3O)CC2)cc1. The fraction of sp³-hybridized carbons (Fsp3) is 0.350. The molecule has 1 aliphatic rings. The molecule has 3 rings (SSSR count). The zero-order valence-corrected chi connectivity index (χ0v) is 14.4. The highest BCUT2D eigenvalue weighted by atomic mass is 16.3. The highest BCUT2D eigenvalue weighted by Gasteiger charge is 2.25. The lowest BCUT2D eigenvalue weighted by atomic mass is 9.89. The van der Waals surface area contributed by atoms with Crippen LogP contribution < -0.4 is 5.32 Å². The van der Waals surface area contributed by atoms with E-state index < -0.39 is 0 Å². The van der Waals surface area contributed by atoms with Gasteiger partial charge in [0.15, 0.2) is 0 Å². The van der Waals surface area contributed by atoms with E-state index in [2.05, 4.69) is 5.32 Å². The number of phenolic OH excluding ortho intramolecular Hbond substituents is 2. The van der Waals surface area contributed by atoms with Crippen molar-refractivity contribution in [3.8, 4) is 11.5 Å². The van der Waals surface area contributed by atoms with Crippen molar-refractivity contribution in [2.75, 3.05) is 13.1 Å². The number of piperidine rings is 1. The smallest absolute Gasteiger partial charge is 0.317 e. The summed E-state index contributed by atoms with van der Waals surface area (Å²) in [7, 11) is 0. The quantitative estimate of drug-likeness (QED) is 0.801. The summed E-state index contributed by atoms with van der Waals surface area (Å²) >= 11 is 0. The summed E-state index contributed by atoms with van der Waals surface area (Å²) in [5.74, 6) is 0.401. The lowest BCUT2D eigenvalue weighted by Gasteiger charge is -2.32. The van der Waals surface area contributed by atoms with Gasteiger partial charge in [0.05, 0.1) is 0 Å². The van der Waals surface area contributed by atoms with E-state index in [1.54, 1.807) is 12.1 Å².